The van der Waals surface area contributed by atoms with E-state index in [9.17, 15) is 0 Å². The molecule has 24 aromatic carbocycles. The molecule has 4 heterocycles. The Kier molecular flexibility index (Phi) is 20.7. The Hall–Kier alpha value is -17.4. The fourth-order valence-electron chi connectivity index (χ4n) is 24.7. The van der Waals surface area contributed by atoms with Crippen molar-refractivity contribution < 1.29 is 17.7 Å². The molecule has 0 aliphatic heterocycles. The summed E-state index contributed by atoms with van der Waals surface area (Å²) in [5, 5.41) is 33.4. The zero-order chi connectivity index (χ0) is 98.8. The number of benzene rings is 24. The van der Waals surface area contributed by atoms with Crippen LogP contribution < -0.4 is 61.1 Å². The lowest BCUT2D eigenvalue weighted by molar-refractivity contribution is 0.669. The van der Waals surface area contributed by atoms with E-state index in [1.54, 1.807) is 0 Å². The summed E-state index contributed by atoms with van der Waals surface area (Å²) in [7, 11) is -9.80. The molecule has 28 rings (SSSR count). The largest absolute Gasteiger partial charge is 0.454 e. The van der Waals surface area contributed by atoms with Crippen molar-refractivity contribution in [3.8, 4) is 0 Å². The topological polar surface area (TPSA) is 65.5 Å². The minimum absolute atomic E-state index is 0.820. The van der Waals surface area contributed by atoms with Crippen LogP contribution in [0.2, 0.25) is 51.4 Å². The highest BCUT2D eigenvalue weighted by atomic mass is 28.3. The maximum Gasteiger partial charge on any atom is 0.159 e. The van der Waals surface area contributed by atoms with E-state index in [0.717, 1.165) is 211 Å². The van der Waals surface area contributed by atoms with Crippen LogP contribution >= 0.6 is 0 Å². The standard InChI is InChI=1S/C136H102N4O4Si4/c1-145(2,3)97-71-63-93(64-72-97)137(121-47-27-43-109-105-39-19-23-51-125(105)141-133(109)121)117-83-59-89-57-81-115-119(85-61-91-55-79-113(117)129(89)131(91)115)139(123-49-29-45-111-107-41-21-25-53-127(107)143-135(111)123)95-67-75-103(76-68-95)147(99-31-11-7-12-32-99,100-33-13-8-14-34-100)87-88-148(101-35-15-9-16-36-101,102-37-17-10-18-38-102)104-77-69-96(70-78-104)140(124-50-30-46-112-108-42-22-26-54-128(108)144-136(112)124)120-86-62-92-56-80-114-118(84-60-90-58-82-116(120)132(92)130(90)114)138(94-65-73-98(74-66-94)146(4,5)6)122-48-28-44-110-106-40-20-24-52-126(106)142-134(110)122/h7-86H,87-88H2,1-6H3. The Morgan fingerprint density at radius 3 is 0.581 bits per heavy atom. The van der Waals surface area contributed by atoms with Gasteiger partial charge in [-0.1, -0.05) is 414 Å². The van der Waals surface area contributed by atoms with E-state index in [2.05, 4.69) is 544 Å². The molecule has 0 N–H and O–H groups in total. The van der Waals surface area contributed by atoms with Crippen LogP contribution in [0, 0.1) is 0 Å². The molecule has 0 unspecified atom stereocenters. The second-order valence-corrected chi connectivity index (χ2v) is 60.2. The zero-order valence-electron chi connectivity index (χ0n) is 83.0. The highest BCUT2D eigenvalue weighted by molar-refractivity contribution is 7.15. The van der Waals surface area contributed by atoms with E-state index in [4.69, 9.17) is 17.7 Å². The number of hydrogen-bond donors (Lipinski definition) is 0. The van der Waals surface area contributed by atoms with Gasteiger partial charge in [-0.3, -0.25) is 0 Å². The highest BCUT2D eigenvalue weighted by Crippen LogP contribution is 2.55. The zero-order valence-corrected chi connectivity index (χ0v) is 87.0. The number of para-hydroxylation sites is 8. The van der Waals surface area contributed by atoms with Crippen molar-refractivity contribution in [1.82, 2.24) is 0 Å². The van der Waals surface area contributed by atoms with Gasteiger partial charge < -0.3 is 37.3 Å². The Morgan fingerprint density at radius 1 is 0.155 bits per heavy atom. The highest BCUT2D eigenvalue weighted by Gasteiger charge is 2.47. The first-order chi connectivity index (χ1) is 72.6. The minimum atomic E-state index is -3.22. The van der Waals surface area contributed by atoms with Crippen LogP contribution in [-0.4, -0.2) is 32.3 Å². The van der Waals surface area contributed by atoms with E-state index >= 15 is 0 Å². The third-order valence-electron chi connectivity index (χ3n) is 31.9. The summed E-state index contributed by atoms with van der Waals surface area (Å²) in [6.45, 7) is 14.5. The second kappa shape index (κ2) is 34.7. The molecule has 0 aliphatic rings. The molecule has 8 nitrogen and oxygen atoms in total. The molecule has 0 atom stereocenters. The second-order valence-electron chi connectivity index (χ2n) is 42.0. The third kappa shape index (κ3) is 14.1. The van der Waals surface area contributed by atoms with Crippen molar-refractivity contribution in [2.75, 3.05) is 19.6 Å². The van der Waals surface area contributed by atoms with Gasteiger partial charge in [0.05, 0.1) is 61.6 Å². The van der Waals surface area contributed by atoms with Gasteiger partial charge in [0.1, 0.15) is 38.5 Å². The van der Waals surface area contributed by atoms with Crippen LogP contribution in [0.25, 0.3) is 152 Å². The van der Waals surface area contributed by atoms with Gasteiger partial charge in [0.25, 0.3) is 0 Å². The molecule has 148 heavy (non-hydrogen) atoms. The van der Waals surface area contributed by atoms with Crippen LogP contribution in [0.4, 0.5) is 68.2 Å². The SMILES string of the molecule is C[Si](C)(C)c1ccc(N(c2ccc3ccc4c(N(c5ccc([Si](CC[Si](c6ccccc6)(c6ccccc6)c6ccc(N(c7ccc8ccc9c(N(c%10ccc([Si](C)(C)C)cc%10)c%10cccc%11c%10oc%10ccccc%10%11)ccc%10ccc7c8c%109)c7cccc8c7oc7ccccc78)cc6)(c6ccccc6)c6ccccc6)cc5)c5cccc6c5oc5ccccc56)ccc5ccc2c3c54)c2cccc3c2oc2ccccc23)cc1. The minimum Gasteiger partial charge on any atom is -0.454 e. The molecule has 0 spiro atoms. The van der Waals surface area contributed by atoms with Crippen LogP contribution in [0.3, 0.4) is 0 Å². The van der Waals surface area contributed by atoms with Gasteiger partial charge in [-0.15, -0.1) is 0 Å². The third-order valence-corrected chi connectivity index (χ3v) is 46.4. The Balaban J connectivity index is 0.606. The Labute approximate surface area is 861 Å². The van der Waals surface area contributed by atoms with Crippen molar-refractivity contribution in [3.05, 3.63) is 485 Å². The van der Waals surface area contributed by atoms with Crippen molar-refractivity contribution in [2.45, 2.75) is 51.4 Å². The van der Waals surface area contributed by atoms with Gasteiger partial charge in [0.2, 0.25) is 0 Å². The van der Waals surface area contributed by atoms with Gasteiger partial charge in [-0.25, -0.2) is 0 Å². The predicted octanol–water partition coefficient (Wildman–Crippen LogP) is 33.7. The molecule has 12 heteroatoms. The fourth-order valence-corrected chi connectivity index (χ4v) is 38.3. The van der Waals surface area contributed by atoms with E-state index in [1.807, 2.05) is 0 Å². The summed E-state index contributed by atoms with van der Waals surface area (Å²) in [6.07, 6.45) is 0. The normalized spacial score (nSPS) is 12.4. The number of fused-ring (bicyclic) bond motifs is 12. The van der Waals surface area contributed by atoms with E-state index in [0.29, 0.717) is 0 Å². The van der Waals surface area contributed by atoms with Crippen molar-refractivity contribution in [3.63, 3.8) is 0 Å². The van der Waals surface area contributed by atoms with E-state index in [-0.39, 0.29) is 0 Å². The summed E-state index contributed by atoms with van der Waals surface area (Å²) >= 11 is 0. The molecular weight excluding hydrogens is 1870 g/mol. The van der Waals surface area contributed by atoms with Crippen LogP contribution in [0.15, 0.2) is 503 Å². The van der Waals surface area contributed by atoms with Crippen LogP contribution in [-0.2, 0) is 0 Å². The smallest absolute Gasteiger partial charge is 0.159 e. The van der Waals surface area contributed by atoms with Gasteiger partial charge in [-0.05, 0) is 208 Å². The molecular formula is C136H102N4O4Si4. The Morgan fingerprint density at radius 2 is 0.351 bits per heavy atom. The molecule has 4 aromatic heterocycles. The first kappa shape index (κ1) is 88.3. The number of nitrogens with zero attached hydrogens (tertiary/aromatic N) is 4. The summed E-state index contributed by atoms with van der Waals surface area (Å²) < 4.78 is 28.4. The molecule has 706 valence electrons. The predicted molar refractivity (Wildman–Crippen MR) is 639 cm³/mol. The first-order valence-electron chi connectivity index (χ1n) is 51.5. The molecule has 0 saturated heterocycles. The fraction of sp³-hybridized carbons (Fsp3) is 0.0588. The number of furan rings is 4. The maximum absolute atomic E-state index is 7.22. The summed E-state index contributed by atoms with van der Waals surface area (Å²) in [6, 6.07) is 184. The average molecular weight is 1970 g/mol. The van der Waals surface area contributed by atoms with E-state index < -0.39 is 32.3 Å². The van der Waals surface area contributed by atoms with E-state index in [1.165, 1.54) is 63.0 Å². The summed E-state index contributed by atoms with van der Waals surface area (Å²) in [4.78, 5) is 9.86. The van der Waals surface area contributed by atoms with Gasteiger partial charge in [0, 0.05) is 87.4 Å². The lowest BCUT2D eigenvalue weighted by atomic mass is 9.91. The summed E-state index contributed by atoms with van der Waals surface area (Å²) in [5.41, 5.74) is 19.0. The van der Waals surface area contributed by atoms with Crippen LogP contribution in [0.5, 0.6) is 0 Å². The molecule has 0 saturated carbocycles. The van der Waals surface area contributed by atoms with Gasteiger partial charge >= 0.3 is 0 Å². The lowest BCUT2D eigenvalue weighted by Gasteiger charge is -2.40. The van der Waals surface area contributed by atoms with Gasteiger partial charge in [0.15, 0.2) is 22.3 Å². The molecule has 0 fully saturated rings. The lowest BCUT2D eigenvalue weighted by Crippen LogP contribution is -2.71. The van der Waals surface area contributed by atoms with Crippen molar-refractivity contribution >= 4 is 294 Å². The van der Waals surface area contributed by atoms with Crippen LogP contribution in [0.1, 0.15) is 0 Å². The molecule has 0 amide bonds. The quantitative estimate of drug-likeness (QED) is 0.0357. The Bertz CT molecular complexity index is 9380. The number of hydrogen-bond acceptors (Lipinski definition) is 8. The van der Waals surface area contributed by atoms with Crippen molar-refractivity contribution in [2.24, 2.45) is 0 Å². The molecule has 28 aromatic rings. The number of rotatable bonds is 23. The molecule has 0 radical (unpaired) electrons. The first-order valence-corrected chi connectivity index (χ1v) is 62.9. The number of anilines is 12. The average Bonchev–Trinajstić information content (AvgIpc) is 0.932. The molecule has 0 bridgehead atoms. The van der Waals surface area contributed by atoms with Crippen molar-refractivity contribution in [1.29, 1.82) is 0 Å². The maximum atomic E-state index is 7.22. The molecule has 0 aliphatic carbocycles. The van der Waals surface area contributed by atoms with Gasteiger partial charge in [-0.2, -0.15) is 0 Å². The monoisotopic (exact) mass is 1970 g/mol. The summed E-state index contributed by atoms with van der Waals surface area (Å²) in [5.74, 6) is 0.